The molecule has 190 valence electrons. The maximum Gasteiger partial charge on any atom is 0.257 e. The molecule has 0 atom stereocenters. The van der Waals surface area contributed by atoms with Crippen molar-refractivity contribution in [1.29, 1.82) is 0 Å². The fourth-order valence-corrected chi connectivity index (χ4v) is 4.28. The van der Waals surface area contributed by atoms with Gasteiger partial charge in [-0.2, -0.15) is 0 Å². The fraction of sp³-hybridized carbons (Fsp3) is 0.310. The van der Waals surface area contributed by atoms with Crippen molar-refractivity contribution in [2.75, 3.05) is 18.5 Å². The molecule has 0 unspecified atom stereocenters. The van der Waals surface area contributed by atoms with Gasteiger partial charge in [0.1, 0.15) is 11.5 Å². The number of benzene rings is 3. The van der Waals surface area contributed by atoms with Crippen LogP contribution in [0.25, 0.3) is 0 Å². The number of thiocarbonyl (C=S) groups is 1. The van der Waals surface area contributed by atoms with Crippen LogP contribution in [0.15, 0.2) is 77.3 Å². The van der Waals surface area contributed by atoms with Crippen molar-refractivity contribution in [1.82, 2.24) is 5.32 Å². The van der Waals surface area contributed by atoms with Crippen molar-refractivity contribution >= 4 is 44.9 Å². The minimum atomic E-state index is -0.302. The van der Waals surface area contributed by atoms with Gasteiger partial charge in [-0.15, -0.1) is 0 Å². The van der Waals surface area contributed by atoms with Crippen molar-refractivity contribution in [2.24, 2.45) is 0 Å². The van der Waals surface area contributed by atoms with Gasteiger partial charge in [0.15, 0.2) is 5.11 Å². The van der Waals surface area contributed by atoms with Crippen LogP contribution in [0.5, 0.6) is 11.5 Å². The average Bonchev–Trinajstić information content (AvgIpc) is 2.88. The number of carbonyl (C=O) groups excluding carboxylic acids is 1. The van der Waals surface area contributed by atoms with E-state index in [0.29, 0.717) is 29.0 Å². The number of hydrogen-bond donors (Lipinski definition) is 2. The second-order valence-electron chi connectivity index (χ2n) is 8.43. The third kappa shape index (κ3) is 9.63. The summed E-state index contributed by atoms with van der Waals surface area (Å²) in [6, 6.07) is 23.0. The average molecular weight is 570 g/mol. The standard InChI is InChI=1S/C29H33BrN2O3S/c1-2-3-4-5-9-18-34-25-14-10-13-24(21-25)31-29(36)32-28(33)23-15-16-27(26(30)20-23)35-19-17-22-11-7-6-8-12-22/h6-8,10-16,20-21H,2-5,9,17-19H2,1H3,(H2,31,32,33,36). The van der Waals surface area contributed by atoms with Gasteiger partial charge in [0.05, 0.1) is 17.7 Å². The van der Waals surface area contributed by atoms with Crippen molar-refractivity contribution in [3.05, 3.63) is 88.4 Å². The van der Waals surface area contributed by atoms with Crippen LogP contribution in [-0.2, 0) is 6.42 Å². The van der Waals surface area contributed by atoms with Crippen molar-refractivity contribution in [3.63, 3.8) is 0 Å². The van der Waals surface area contributed by atoms with Gasteiger partial charge in [0.25, 0.3) is 5.91 Å². The van der Waals surface area contributed by atoms with E-state index in [2.05, 4.69) is 45.6 Å². The summed E-state index contributed by atoms with van der Waals surface area (Å²) in [5.74, 6) is 1.16. The smallest absolute Gasteiger partial charge is 0.257 e. The first-order valence-electron chi connectivity index (χ1n) is 12.4. The SMILES string of the molecule is CCCCCCCOc1cccc(NC(=S)NC(=O)c2ccc(OCCc3ccccc3)c(Br)c2)c1. The molecule has 3 aromatic carbocycles. The molecular weight excluding hydrogens is 536 g/mol. The lowest BCUT2D eigenvalue weighted by Gasteiger charge is -2.13. The van der Waals surface area contributed by atoms with Gasteiger partial charge >= 0.3 is 0 Å². The molecule has 0 heterocycles. The molecule has 0 saturated carbocycles. The zero-order valence-electron chi connectivity index (χ0n) is 20.6. The van der Waals surface area contributed by atoms with Crippen LogP contribution in [0, 0.1) is 0 Å². The van der Waals surface area contributed by atoms with E-state index in [9.17, 15) is 4.79 Å². The maximum atomic E-state index is 12.7. The Balaban J connectivity index is 1.45. The lowest BCUT2D eigenvalue weighted by Crippen LogP contribution is -2.34. The summed E-state index contributed by atoms with van der Waals surface area (Å²) >= 11 is 8.84. The van der Waals surface area contributed by atoms with E-state index in [4.69, 9.17) is 21.7 Å². The Labute approximate surface area is 227 Å². The Morgan fingerprint density at radius 2 is 1.69 bits per heavy atom. The molecule has 0 aliphatic heterocycles. The highest BCUT2D eigenvalue weighted by Crippen LogP contribution is 2.26. The highest BCUT2D eigenvalue weighted by molar-refractivity contribution is 9.10. The fourth-order valence-electron chi connectivity index (χ4n) is 3.58. The van der Waals surface area contributed by atoms with Crippen LogP contribution in [0.4, 0.5) is 5.69 Å². The molecule has 5 nitrogen and oxygen atoms in total. The molecular formula is C29H33BrN2O3S. The molecule has 0 saturated heterocycles. The Morgan fingerprint density at radius 1 is 0.889 bits per heavy atom. The van der Waals surface area contributed by atoms with Gasteiger partial charge in [0.2, 0.25) is 0 Å². The van der Waals surface area contributed by atoms with E-state index >= 15 is 0 Å². The monoisotopic (exact) mass is 568 g/mol. The van der Waals surface area contributed by atoms with E-state index < -0.39 is 0 Å². The molecule has 0 radical (unpaired) electrons. The quantitative estimate of drug-likeness (QED) is 0.165. The summed E-state index contributed by atoms with van der Waals surface area (Å²) in [5.41, 5.74) is 2.44. The van der Waals surface area contributed by atoms with E-state index in [0.717, 1.165) is 24.3 Å². The first kappa shape index (κ1) is 27.7. The maximum absolute atomic E-state index is 12.7. The summed E-state index contributed by atoms with van der Waals surface area (Å²) in [5, 5.41) is 6.00. The molecule has 2 N–H and O–H groups in total. The molecule has 3 aromatic rings. The minimum absolute atomic E-state index is 0.219. The predicted octanol–water partition coefficient (Wildman–Crippen LogP) is 7.55. The second kappa shape index (κ2) is 15.3. The second-order valence-corrected chi connectivity index (χ2v) is 9.69. The van der Waals surface area contributed by atoms with E-state index in [1.54, 1.807) is 18.2 Å². The zero-order valence-corrected chi connectivity index (χ0v) is 23.0. The Hall–Kier alpha value is -2.90. The molecule has 0 aliphatic rings. The van der Waals surface area contributed by atoms with E-state index in [1.165, 1.54) is 31.2 Å². The van der Waals surface area contributed by atoms with E-state index in [-0.39, 0.29) is 11.0 Å². The number of rotatable bonds is 13. The lowest BCUT2D eigenvalue weighted by atomic mass is 10.2. The molecule has 3 rings (SSSR count). The van der Waals surface area contributed by atoms with Crippen molar-refractivity contribution in [3.8, 4) is 11.5 Å². The topological polar surface area (TPSA) is 59.6 Å². The Kier molecular flexibility index (Phi) is 11.7. The number of nitrogens with one attached hydrogen (secondary N) is 2. The Bertz CT molecular complexity index is 1120. The number of anilines is 1. The number of ether oxygens (including phenoxy) is 2. The van der Waals surface area contributed by atoms with Gasteiger partial charge in [-0.3, -0.25) is 10.1 Å². The third-order valence-corrected chi connectivity index (χ3v) is 6.34. The molecule has 0 aliphatic carbocycles. The highest BCUT2D eigenvalue weighted by Gasteiger charge is 2.11. The molecule has 0 aromatic heterocycles. The molecule has 0 bridgehead atoms. The van der Waals surface area contributed by atoms with Crippen LogP contribution in [0.3, 0.4) is 0 Å². The largest absolute Gasteiger partial charge is 0.494 e. The van der Waals surface area contributed by atoms with Crippen LogP contribution in [0.1, 0.15) is 54.9 Å². The van der Waals surface area contributed by atoms with Crippen LogP contribution < -0.4 is 20.1 Å². The Morgan fingerprint density at radius 3 is 2.47 bits per heavy atom. The van der Waals surface area contributed by atoms with Gasteiger partial charge in [-0.25, -0.2) is 0 Å². The molecule has 0 spiro atoms. The van der Waals surface area contributed by atoms with Gasteiger partial charge in [-0.1, -0.05) is 69.0 Å². The van der Waals surface area contributed by atoms with Crippen molar-refractivity contribution in [2.45, 2.75) is 45.4 Å². The third-order valence-electron chi connectivity index (χ3n) is 5.52. The molecule has 0 fully saturated rings. The highest BCUT2D eigenvalue weighted by atomic mass is 79.9. The van der Waals surface area contributed by atoms with Crippen LogP contribution >= 0.6 is 28.1 Å². The number of carbonyl (C=O) groups is 1. The van der Waals surface area contributed by atoms with Gasteiger partial charge < -0.3 is 14.8 Å². The molecule has 7 heteroatoms. The first-order valence-corrected chi connectivity index (χ1v) is 13.6. The van der Waals surface area contributed by atoms with Gasteiger partial charge in [0, 0.05) is 23.7 Å². The summed E-state index contributed by atoms with van der Waals surface area (Å²) in [4.78, 5) is 12.7. The number of halogens is 1. The van der Waals surface area contributed by atoms with Crippen LogP contribution in [0.2, 0.25) is 0 Å². The lowest BCUT2D eigenvalue weighted by molar-refractivity contribution is 0.0977. The summed E-state index contributed by atoms with van der Waals surface area (Å²) < 4.78 is 12.4. The number of amides is 1. The molecule has 36 heavy (non-hydrogen) atoms. The minimum Gasteiger partial charge on any atom is -0.494 e. The number of hydrogen-bond acceptors (Lipinski definition) is 4. The van der Waals surface area contributed by atoms with Gasteiger partial charge in [-0.05, 0) is 70.5 Å². The van der Waals surface area contributed by atoms with Crippen molar-refractivity contribution < 1.29 is 14.3 Å². The summed E-state index contributed by atoms with van der Waals surface area (Å²) in [7, 11) is 0. The first-order chi connectivity index (χ1) is 17.5. The predicted molar refractivity (Wildman–Crippen MR) is 154 cm³/mol. The van der Waals surface area contributed by atoms with E-state index in [1.807, 2.05) is 42.5 Å². The zero-order chi connectivity index (χ0) is 25.6. The molecule has 1 amide bonds. The van der Waals surface area contributed by atoms with Crippen LogP contribution in [-0.4, -0.2) is 24.2 Å². The summed E-state index contributed by atoms with van der Waals surface area (Å²) in [6.07, 6.45) is 6.78. The normalized spacial score (nSPS) is 10.5. The summed E-state index contributed by atoms with van der Waals surface area (Å²) in [6.45, 7) is 3.44. The number of unbranched alkanes of at least 4 members (excludes halogenated alkanes) is 4.